The van der Waals surface area contributed by atoms with Gasteiger partial charge in [-0.1, -0.05) is 6.07 Å². The van der Waals surface area contributed by atoms with E-state index >= 15 is 0 Å². The molecule has 0 fully saturated rings. The third-order valence-corrected chi connectivity index (χ3v) is 3.86. The molecule has 0 amide bonds. The topological polar surface area (TPSA) is 84.4 Å². The molecular formula is C13H16N4O3S. The molecule has 8 heteroatoms. The van der Waals surface area contributed by atoms with Crippen molar-refractivity contribution in [3.63, 3.8) is 0 Å². The van der Waals surface area contributed by atoms with Gasteiger partial charge in [-0.25, -0.2) is 9.97 Å². The number of benzene rings is 1. The number of nitrogens with one attached hydrogen (secondary N) is 1. The van der Waals surface area contributed by atoms with E-state index in [2.05, 4.69) is 15.3 Å². The summed E-state index contributed by atoms with van der Waals surface area (Å²) in [5.41, 5.74) is 1.50. The van der Waals surface area contributed by atoms with Gasteiger partial charge >= 0.3 is 10.3 Å². The van der Waals surface area contributed by atoms with Gasteiger partial charge in [0.1, 0.15) is 17.9 Å². The van der Waals surface area contributed by atoms with Crippen molar-refractivity contribution in [1.82, 2.24) is 14.3 Å². The van der Waals surface area contributed by atoms with Gasteiger partial charge in [-0.15, -0.1) is 0 Å². The molecule has 112 valence electrons. The summed E-state index contributed by atoms with van der Waals surface area (Å²) in [6, 6.07) is 8.41. The Labute approximate surface area is 123 Å². The minimum Gasteiger partial charge on any atom is -0.371 e. The Kier molecular flexibility index (Phi) is 4.39. The zero-order chi connectivity index (χ0) is 15.5. The molecule has 0 aliphatic carbocycles. The lowest BCUT2D eigenvalue weighted by molar-refractivity contribution is 0.421. The minimum absolute atomic E-state index is 0.222. The normalized spacial score (nSPS) is 11.4. The van der Waals surface area contributed by atoms with Crippen LogP contribution in [0.5, 0.6) is 5.75 Å². The fourth-order valence-electron chi connectivity index (χ4n) is 1.49. The van der Waals surface area contributed by atoms with Gasteiger partial charge in [-0.05, 0) is 19.1 Å². The highest BCUT2D eigenvalue weighted by Gasteiger charge is 2.15. The van der Waals surface area contributed by atoms with Gasteiger partial charge in [0.05, 0.1) is 0 Å². The van der Waals surface area contributed by atoms with Gasteiger partial charge < -0.3 is 9.50 Å². The highest BCUT2D eigenvalue weighted by molar-refractivity contribution is 7.84. The molecule has 0 spiro atoms. The number of rotatable bonds is 5. The van der Waals surface area contributed by atoms with E-state index < -0.39 is 10.3 Å². The summed E-state index contributed by atoms with van der Waals surface area (Å²) in [4.78, 5) is 8.08. The Morgan fingerprint density at radius 2 is 1.95 bits per heavy atom. The molecule has 1 heterocycles. The molecule has 0 bridgehead atoms. The van der Waals surface area contributed by atoms with Gasteiger partial charge in [0.15, 0.2) is 0 Å². The van der Waals surface area contributed by atoms with Crippen molar-refractivity contribution < 1.29 is 12.6 Å². The maximum absolute atomic E-state index is 11.7. The van der Waals surface area contributed by atoms with Gasteiger partial charge in [0.2, 0.25) is 0 Å². The maximum Gasteiger partial charge on any atom is 0.384 e. The van der Waals surface area contributed by atoms with E-state index in [0.717, 1.165) is 10.00 Å². The van der Waals surface area contributed by atoms with Crippen LogP contribution in [0.3, 0.4) is 0 Å². The van der Waals surface area contributed by atoms with Crippen molar-refractivity contribution in [3.8, 4) is 5.75 Å². The highest BCUT2D eigenvalue weighted by Crippen LogP contribution is 2.22. The minimum atomic E-state index is -3.77. The molecule has 7 nitrogen and oxygen atoms in total. The van der Waals surface area contributed by atoms with E-state index in [0.29, 0.717) is 11.5 Å². The second-order valence-electron chi connectivity index (χ2n) is 4.52. The Hall–Kier alpha value is -2.19. The molecule has 0 aliphatic heterocycles. The fraction of sp³-hybridized carbons (Fsp3) is 0.231. The first-order chi connectivity index (χ1) is 9.87. The summed E-state index contributed by atoms with van der Waals surface area (Å²) in [7, 11) is -0.960. The van der Waals surface area contributed by atoms with Crippen molar-refractivity contribution in [2.75, 3.05) is 19.4 Å². The fourth-order valence-corrected chi connectivity index (χ4v) is 1.99. The summed E-state index contributed by atoms with van der Waals surface area (Å²) < 4.78 is 29.3. The second-order valence-corrected chi connectivity index (χ2v) is 6.27. The van der Waals surface area contributed by atoms with Crippen LogP contribution in [0.1, 0.15) is 5.69 Å². The quantitative estimate of drug-likeness (QED) is 0.905. The Bertz CT molecular complexity index is 732. The highest BCUT2D eigenvalue weighted by atomic mass is 32.2. The number of hydrogen-bond donors (Lipinski definition) is 1. The van der Waals surface area contributed by atoms with Gasteiger partial charge in [-0.2, -0.15) is 12.7 Å². The van der Waals surface area contributed by atoms with Crippen LogP contribution in [0, 0.1) is 6.92 Å². The lowest BCUT2D eigenvalue weighted by Gasteiger charge is -2.13. The SMILES string of the molecule is Cc1cc(Nc2cccc(OS(=O)(=O)N(C)C)c2)ncn1. The lowest BCUT2D eigenvalue weighted by atomic mass is 10.3. The van der Waals surface area contributed by atoms with Crippen molar-refractivity contribution in [1.29, 1.82) is 0 Å². The zero-order valence-corrected chi connectivity index (χ0v) is 12.8. The molecule has 1 N–H and O–H groups in total. The largest absolute Gasteiger partial charge is 0.384 e. The summed E-state index contributed by atoms with van der Waals surface area (Å²) in [5.74, 6) is 0.842. The Morgan fingerprint density at radius 1 is 1.19 bits per heavy atom. The molecule has 1 aromatic heterocycles. The first kappa shape index (κ1) is 15.2. The smallest absolute Gasteiger partial charge is 0.371 e. The Balaban J connectivity index is 2.18. The Morgan fingerprint density at radius 3 is 2.62 bits per heavy atom. The summed E-state index contributed by atoms with van der Waals surface area (Å²) in [6.07, 6.45) is 1.45. The molecule has 0 saturated carbocycles. The number of nitrogens with zero attached hydrogens (tertiary/aromatic N) is 3. The van der Waals surface area contributed by atoms with Crippen LogP contribution in [0.25, 0.3) is 0 Å². The average molecular weight is 308 g/mol. The van der Waals surface area contributed by atoms with Crippen LogP contribution in [0.2, 0.25) is 0 Å². The standard InChI is InChI=1S/C13H16N4O3S/c1-10-7-13(15-9-14-10)16-11-5-4-6-12(8-11)20-21(18,19)17(2)3/h4-9H,1-3H3,(H,14,15,16). The predicted molar refractivity (Wildman–Crippen MR) is 79.7 cm³/mol. The summed E-state index contributed by atoms with van der Waals surface area (Å²) >= 11 is 0. The van der Waals surface area contributed by atoms with Crippen LogP contribution in [-0.2, 0) is 10.3 Å². The molecule has 0 atom stereocenters. The molecule has 0 aliphatic rings. The molecule has 2 rings (SSSR count). The van der Waals surface area contributed by atoms with Gasteiger partial charge in [0, 0.05) is 37.6 Å². The molecule has 0 unspecified atom stereocenters. The van der Waals surface area contributed by atoms with Crippen LogP contribution >= 0.6 is 0 Å². The van der Waals surface area contributed by atoms with Crippen LogP contribution in [0.4, 0.5) is 11.5 Å². The van der Waals surface area contributed by atoms with Crippen LogP contribution in [-0.4, -0.2) is 36.8 Å². The number of anilines is 2. The maximum atomic E-state index is 11.7. The number of aromatic nitrogens is 2. The third-order valence-electron chi connectivity index (χ3n) is 2.56. The van der Waals surface area contributed by atoms with Crippen LogP contribution in [0.15, 0.2) is 36.7 Å². The monoisotopic (exact) mass is 308 g/mol. The van der Waals surface area contributed by atoms with Crippen molar-refractivity contribution >= 4 is 21.8 Å². The summed E-state index contributed by atoms with van der Waals surface area (Å²) in [6.45, 7) is 1.86. The first-order valence-electron chi connectivity index (χ1n) is 6.14. The van der Waals surface area contributed by atoms with Crippen molar-refractivity contribution in [3.05, 3.63) is 42.4 Å². The summed E-state index contributed by atoms with van der Waals surface area (Å²) in [5, 5.41) is 3.06. The predicted octanol–water partition coefficient (Wildman–Crippen LogP) is 1.71. The average Bonchev–Trinajstić information content (AvgIpc) is 2.38. The van der Waals surface area contributed by atoms with Crippen molar-refractivity contribution in [2.45, 2.75) is 6.92 Å². The zero-order valence-electron chi connectivity index (χ0n) is 11.9. The number of hydrogen-bond acceptors (Lipinski definition) is 6. The van der Waals surface area contributed by atoms with E-state index in [-0.39, 0.29) is 5.75 Å². The van der Waals surface area contributed by atoms with E-state index in [9.17, 15) is 8.42 Å². The first-order valence-corrected chi connectivity index (χ1v) is 7.51. The van der Waals surface area contributed by atoms with E-state index in [4.69, 9.17) is 4.18 Å². The third kappa shape index (κ3) is 4.14. The van der Waals surface area contributed by atoms with Gasteiger partial charge in [-0.3, -0.25) is 0 Å². The molecule has 2 aromatic rings. The molecule has 21 heavy (non-hydrogen) atoms. The molecule has 1 aromatic carbocycles. The molecule has 0 saturated heterocycles. The lowest BCUT2D eigenvalue weighted by Crippen LogP contribution is -2.27. The van der Waals surface area contributed by atoms with E-state index in [1.807, 2.05) is 6.92 Å². The van der Waals surface area contributed by atoms with E-state index in [1.54, 1.807) is 30.3 Å². The molecule has 0 radical (unpaired) electrons. The molecular weight excluding hydrogens is 292 g/mol. The van der Waals surface area contributed by atoms with Crippen molar-refractivity contribution in [2.24, 2.45) is 0 Å². The number of aryl methyl sites for hydroxylation is 1. The van der Waals surface area contributed by atoms with E-state index in [1.165, 1.54) is 20.4 Å². The second kappa shape index (κ2) is 6.06. The van der Waals surface area contributed by atoms with Crippen LogP contribution < -0.4 is 9.50 Å². The van der Waals surface area contributed by atoms with Gasteiger partial charge in [0.25, 0.3) is 0 Å².